The van der Waals surface area contributed by atoms with Gasteiger partial charge >= 0.3 is 12.0 Å². The van der Waals surface area contributed by atoms with Gasteiger partial charge in [-0.1, -0.05) is 12.1 Å². The first-order valence-electron chi connectivity index (χ1n) is 9.14. The molecule has 0 fully saturated rings. The van der Waals surface area contributed by atoms with E-state index in [1.807, 2.05) is 0 Å². The number of fused-ring (bicyclic) bond motifs is 2. The van der Waals surface area contributed by atoms with E-state index in [0.717, 1.165) is 0 Å². The Balaban J connectivity index is 1.23. The van der Waals surface area contributed by atoms with Crippen LogP contribution >= 0.6 is 0 Å². The summed E-state index contributed by atoms with van der Waals surface area (Å²) < 4.78 is 26.7. The second-order valence-electron chi connectivity index (χ2n) is 6.33. The van der Waals surface area contributed by atoms with Crippen LogP contribution in [0.1, 0.15) is 0 Å². The van der Waals surface area contributed by atoms with Crippen molar-refractivity contribution < 1.29 is 38.1 Å². The van der Waals surface area contributed by atoms with Crippen LogP contribution < -0.4 is 29.6 Å². The SMILES string of the molecule is O=C(COC(=O)[C@H]1COc2ccccc2O1)NC(=O)Nc1ccc2c(c1)OCCO2. The lowest BCUT2D eigenvalue weighted by Gasteiger charge is -2.24. The van der Waals surface area contributed by atoms with Crippen molar-refractivity contribution in [3.8, 4) is 23.0 Å². The van der Waals surface area contributed by atoms with Crippen LogP contribution in [0.25, 0.3) is 0 Å². The standard InChI is InChI=1S/C20H18N2O8/c23-18(11-29-19(24)17-10-28-13-3-1-2-4-15(13)30-17)22-20(25)21-12-5-6-14-16(9-12)27-8-7-26-14/h1-6,9,17H,7-8,10-11H2,(H2,21,22,23,25)/t17-/m1/s1. The van der Waals surface area contributed by atoms with Gasteiger partial charge in [0, 0.05) is 11.8 Å². The molecule has 0 aliphatic carbocycles. The molecule has 2 heterocycles. The third kappa shape index (κ3) is 4.54. The molecule has 1 atom stereocenters. The van der Waals surface area contributed by atoms with Gasteiger partial charge in [-0.3, -0.25) is 10.1 Å². The largest absolute Gasteiger partial charge is 0.486 e. The van der Waals surface area contributed by atoms with E-state index >= 15 is 0 Å². The van der Waals surface area contributed by atoms with Crippen LogP contribution in [0.3, 0.4) is 0 Å². The van der Waals surface area contributed by atoms with Crippen molar-refractivity contribution in [3.63, 3.8) is 0 Å². The summed E-state index contributed by atoms with van der Waals surface area (Å²) in [5.74, 6) is 0.439. The maximum Gasteiger partial charge on any atom is 0.351 e. The van der Waals surface area contributed by atoms with Gasteiger partial charge in [0.1, 0.15) is 19.8 Å². The lowest BCUT2D eigenvalue weighted by molar-refractivity contribution is -0.157. The fourth-order valence-corrected chi connectivity index (χ4v) is 2.81. The molecule has 0 saturated heterocycles. The molecule has 30 heavy (non-hydrogen) atoms. The Morgan fingerprint density at radius 1 is 0.933 bits per heavy atom. The van der Waals surface area contributed by atoms with Crippen LogP contribution in [-0.4, -0.2) is 50.4 Å². The first kappa shape index (κ1) is 19.4. The summed E-state index contributed by atoms with van der Waals surface area (Å²) in [7, 11) is 0. The number of rotatable bonds is 4. The van der Waals surface area contributed by atoms with Gasteiger partial charge < -0.3 is 29.0 Å². The van der Waals surface area contributed by atoms with Gasteiger partial charge in [0.2, 0.25) is 6.10 Å². The minimum Gasteiger partial charge on any atom is -0.486 e. The van der Waals surface area contributed by atoms with Crippen LogP contribution in [0.5, 0.6) is 23.0 Å². The first-order valence-corrected chi connectivity index (χ1v) is 9.14. The molecular weight excluding hydrogens is 396 g/mol. The highest BCUT2D eigenvalue weighted by Crippen LogP contribution is 2.32. The van der Waals surface area contributed by atoms with Crippen molar-refractivity contribution in [2.75, 3.05) is 31.7 Å². The number of benzene rings is 2. The number of carbonyl (C=O) groups is 3. The van der Waals surface area contributed by atoms with Gasteiger partial charge in [-0.25, -0.2) is 9.59 Å². The van der Waals surface area contributed by atoms with Crippen LogP contribution in [0, 0.1) is 0 Å². The molecule has 2 aromatic rings. The van der Waals surface area contributed by atoms with Gasteiger partial charge in [0.15, 0.2) is 29.6 Å². The smallest absolute Gasteiger partial charge is 0.351 e. The molecule has 2 aromatic carbocycles. The molecule has 0 saturated carbocycles. The summed E-state index contributed by atoms with van der Waals surface area (Å²) in [5.41, 5.74) is 0.410. The monoisotopic (exact) mass is 414 g/mol. The van der Waals surface area contributed by atoms with E-state index in [1.165, 1.54) is 0 Å². The Morgan fingerprint density at radius 3 is 2.50 bits per heavy atom. The zero-order chi connectivity index (χ0) is 20.9. The third-order valence-electron chi connectivity index (χ3n) is 4.17. The van der Waals surface area contributed by atoms with E-state index in [2.05, 4.69) is 10.6 Å². The first-order chi connectivity index (χ1) is 14.6. The van der Waals surface area contributed by atoms with Crippen molar-refractivity contribution in [1.29, 1.82) is 0 Å². The predicted octanol–water partition coefficient (Wildman–Crippen LogP) is 1.49. The van der Waals surface area contributed by atoms with Crippen molar-refractivity contribution in [2.45, 2.75) is 6.10 Å². The summed E-state index contributed by atoms with van der Waals surface area (Å²) >= 11 is 0. The summed E-state index contributed by atoms with van der Waals surface area (Å²) in [5, 5.41) is 4.57. The zero-order valence-electron chi connectivity index (χ0n) is 15.7. The quantitative estimate of drug-likeness (QED) is 0.722. The number of ether oxygens (including phenoxy) is 5. The summed E-state index contributed by atoms with van der Waals surface area (Å²) in [6.45, 7) is 0.183. The second-order valence-corrected chi connectivity index (χ2v) is 6.33. The summed E-state index contributed by atoms with van der Waals surface area (Å²) in [4.78, 5) is 36.0. The average Bonchev–Trinajstić information content (AvgIpc) is 2.77. The van der Waals surface area contributed by atoms with Crippen LogP contribution in [0.2, 0.25) is 0 Å². The number of imide groups is 1. The van der Waals surface area contributed by atoms with Gasteiger partial charge in [-0.15, -0.1) is 0 Å². The normalized spacial score (nSPS) is 16.2. The van der Waals surface area contributed by atoms with E-state index < -0.39 is 30.6 Å². The van der Waals surface area contributed by atoms with Gasteiger partial charge in [-0.05, 0) is 24.3 Å². The summed E-state index contributed by atoms with van der Waals surface area (Å²) in [6, 6.07) is 10.9. The van der Waals surface area contributed by atoms with Crippen molar-refractivity contribution in [2.24, 2.45) is 0 Å². The van der Waals surface area contributed by atoms with E-state index in [9.17, 15) is 14.4 Å². The maximum atomic E-state index is 12.1. The highest BCUT2D eigenvalue weighted by Gasteiger charge is 2.29. The zero-order valence-corrected chi connectivity index (χ0v) is 15.7. The lowest BCUT2D eigenvalue weighted by atomic mass is 10.2. The molecule has 0 spiro atoms. The maximum absolute atomic E-state index is 12.1. The molecule has 10 nitrogen and oxygen atoms in total. The molecule has 0 bridgehead atoms. The van der Waals surface area contributed by atoms with Crippen molar-refractivity contribution in [3.05, 3.63) is 42.5 Å². The number of carbonyl (C=O) groups excluding carboxylic acids is 3. The van der Waals surface area contributed by atoms with Crippen LogP contribution in [0.4, 0.5) is 10.5 Å². The van der Waals surface area contributed by atoms with E-state index in [1.54, 1.807) is 42.5 Å². The number of amides is 3. The molecule has 2 aliphatic rings. The lowest BCUT2D eigenvalue weighted by Crippen LogP contribution is -2.41. The topological polar surface area (TPSA) is 121 Å². The molecule has 0 aromatic heterocycles. The number of esters is 1. The predicted molar refractivity (Wildman–Crippen MR) is 102 cm³/mol. The van der Waals surface area contributed by atoms with Gasteiger partial charge in [0.05, 0.1) is 0 Å². The Hall–Kier alpha value is -3.95. The number of para-hydroxylation sites is 2. The Bertz CT molecular complexity index is 977. The third-order valence-corrected chi connectivity index (χ3v) is 4.17. The molecule has 4 rings (SSSR count). The van der Waals surface area contributed by atoms with Crippen molar-refractivity contribution >= 4 is 23.6 Å². The highest BCUT2D eigenvalue weighted by atomic mass is 16.6. The minimum atomic E-state index is -1.00. The molecule has 2 N–H and O–H groups in total. The van der Waals surface area contributed by atoms with Gasteiger partial charge in [-0.2, -0.15) is 0 Å². The minimum absolute atomic E-state index is 0.0396. The number of anilines is 1. The average molecular weight is 414 g/mol. The Kier molecular flexibility index (Phi) is 5.55. The number of hydrogen-bond donors (Lipinski definition) is 2. The second kappa shape index (κ2) is 8.60. The number of urea groups is 1. The summed E-state index contributed by atoms with van der Waals surface area (Å²) in [6.07, 6.45) is -1.00. The molecule has 3 amide bonds. The van der Waals surface area contributed by atoms with Crippen LogP contribution in [-0.2, 0) is 14.3 Å². The molecule has 0 radical (unpaired) electrons. The van der Waals surface area contributed by atoms with E-state index in [4.69, 9.17) is 23.7 Å². The fraction of sp³-hybridized carbons (Fsp3) is 0.250. The Labute approximate surface area is 171 Å². The number of hydrogen-bond acceptors (Lipinski definition) is 8. The Morgan fingerprint density at radius 2 is 1.67 bits per heavy atom. The number of nitrogens with one attached hydrogen (secondary N) is 2. The fourth-order valence-electron chi connectivity index (χ4n) is 2.81. The highest BCUT2D eigenvalue weighted by molar-refractivity contribution is 6.02. The molecule has 2 aliphatic heterocycles. The van der Waals surface area contributed by atoms with E-state index in [-0.39, 0.29) is 6.61 Å². The van der Waals surface area contributed by atoms with Crippen LogP contribution in [0.15, 0.2) is 42.5 Å². The molecule has 0 unspecified atom stereocenters. The van der Waals surface area contributed by atoms with Crippen molar-refractivity contribution in [1.82, 2.24) is 5.32 Å². The molecule has 10 heteroatoms. The molecule has 156 valence electrons. The van der Waals surface area contributed by atoms with E-state index in [0.29, 0.717) is 41.9 Å². The molecular formula is C20H18N2O8. The van der Waals surface area contributed by atoms with Gasteiger partial charge in [0.25, 0.3) is 5.91 Å².